The molecular formula is C9H11NO5. The molecule has 6 nitrogen and oxygen atoms in total. The lowest BCUT2D eigenvalue weighted by Gasteiger charge is -2.09. The van der Waals surface area contributed by atoms with Gasteiger partial charge in [0.15, 0.2) is 11.8 Å². The van der Waals surface area contributed by atoms with Crippen LogP contribution in [0.2, 0.25) is 0 Å². The van der Waals surface area contributed by atoms with Crippen molar-refractivity contribution in [1.29, 1.82) is 0 Å². The van der Waals surface area contributed by atoms with E-state index in [1.807, 2.05) is 0 Å². The predicted molar refractivity (Wildman–Crippen MR) is 49.4 cm³/mol. The van der Waals surface area contributed by atoms with Crippen LogP contribution in [0.15, 0.2) is 16.5 Å². The maximum Gasteiger partial charge on any atom is 0.328 e. The Bertz CT molecular complexity index is 370. The molecule has 0 saturated heterocycles. The van der Waals surface area contributed by atoms with E-state index < -0.39 is 24.5 Å². The van der Waals surface area contributed by atoms with Gasteiger partial charge in [0.2, 0.25) is 0 Å². The molecule has 0 radical (unpaired) electrons. The lowest BCUT2D eigenvalue weighted by Crippen LogP contribution is -2.43. The summed E-state index contributed by atoms with van der Waals surface area (Å²) in [7, 11) is 0. The number of carboxylic acid groups (broad SMARTS) is 1. The Morgan fingerprint density at radius 3 is 2.60 bits per heavy atom. The fourth-order valence-corrected chi connectivity index (χ4v) is 0.971. The molecule has 0 fully saturated rings. The monoisotopic (exact) mass is 213 g/mol. The highest BCUT2D eigenvalue weighted by Gasteiger charge is 2.20. The zero-order chi connectivity index (χ0) is 11.4. The summed E-state index contributed by atoms with van der Waals surface area (Å²) in [5, 5.41) is 19.4. The Morgan fingerprint density at radius 2 is 2.20 bits per heavy atom. The summed E-state index contributed by atoms with van der Waals surface area (Å²) in [4.78, 5) is 21.8. The maximum atomic E-state index is 11.4. The lowest BCUT2D eigenvalue weighted by atomic mass is 10.3. The van der Waals surface area contributed by atoms with Crippen molar-refractivity contribution in [2.45, 2.75) is 13.0 Å². The number of aliphatic hydroxyl groups excluding tert-OH is 1. The minimum absolute atomic E-state index is 0.0206. The van der Waals surface area contributed by atoms with Gasteiger partial charge in [0.1, 0.15) is 5.76 Å². The minimum atomic E-state index is -1.32. The third kappa shape index (κ3) is 2.81. The van der Waals surface area contributed by atoms with Crippen LogP contribution >= 0.6 is 0 Å². The second kappa shape index (κ2) is 4.61. The Kier molecular flexibility index (Phi) is 3.46. The van der Waals surface area contributed by atoms with Crippen LogP contribution in [0.4, 0.5) is 0 Å². The van der Waals surface area contributed by atoms with Gasteiger partial charge in [-0.25, -0.2) is 4.79 Å². The van der Waals surface area contributed by atoms with Crippen LogP contribution in [0.3, 0.4) is 0 Å². The Labute approximate surface area is 85.5 Å². The first-order valence-electron chi connectivity index (χ1n) is 4.25. The van der Waals surface area contributed by atoms with Crippen molar-refractivity contribution in [3.8, 4) is 0 Å². The van der Waals surface area contributed by atoms with Crippen LogP contribution in [0.1, 0.15) is 16.3 Å². The molecule has 15 heavy (non-hydrogen) atoms. The van der Waals surface area contributed by atoms with E-state index in [9.17, 15) is 9.59 Å². The van der Waals surface area contributed by atoms with Gasteiger partial charge in [0.05, 0.1) is 6.61 Å². The number of carboxylic acids is 1. The molecule has 0 aliphatic rings. The first kappa shape index (κ1) is 11.3. The van der Waals surface area contributed by atoms with Gasteiger partial charge in [-0.1, -0.05) is 0 Å². The summed E-state index contributed by atoms with van der Waals surface area (Å²) in [5.74, 6) is -1.39. The van der Waals surface area contributed by atoms with E-state index in [1.165, 1.54) is 6.07 Å². The fraction of sp³-hybridized carbons (Fsp3) is 0.333. The van der Waals surface area contributed by atoms with Crippen LogP contribution in [-0.2, 0) is 4.79 Å². The molecule has 0 aromatic carbocycles. The molecular weight excluding hydrogens is 202 g/mol. The number of rotatable bonds is 4. The number of amides is 1. The number of carbonyl (C=O) groups is 2. The predicted octanol–water partition coefficient (Wildman–Crippen LogP) is -0.237. The van der Waals surface area contributed by atoms with Gasteiger partial charge in [-0.05, 0) is 19.1 Å². The fourth-order valence-electron chi connectivity index (χ4n) is 0.971. The van der Waals surface area contributed by atoms with E-state index in [2.05, 4.69) is 5.32 Å². The van der Waals surface area contributed by atoms with Gasteiger partial charge >= 0.3 is 5.97 Å². The van der Waals surface area contributed by atoms with E-state index in [0.717, 1.165) is 0 Å². The number of nitrogens with one attached hydrogen (secondary N) is 1. The van der Waals surface area contributed by atoms with E-state index in [0.29, 0.717) is 5.76 Å². The third-order valence-electron chi connectivity index (χ3n) is 1.75. The molecule has 0 aliphatic heterocycles. The quantitative estimate of drug-likeness (QED) is 0.641. The average Bonchev–Trinajstić information content (AvgIpc) is 2.60. The summed E-state index contributed by atoms with van der Waals surface area (Å²) < 4.78 is 4.98. The maximum absolute atomic E-state index is 11.4. The van der Waals surface area contributed by atoms with Crippen molar-refractivity contribution < 1.29 is 24.2 Å². The molecule has 1 aromatic heterocycles. The summed E-state index contributed by atoms with van der Waals surface area (Å²) in [6, 6.07) is 1.70. The van der Waals surface area contributed by atoms with Gasteiger partial charge in [0, 0.05) is 0 Å². The van der Waals surface area contributed by atoms with Crippen LogP contribution in [0.25, 0.3) is 0 Å². The molecule has 1 rings (SSSR count). The van der Waals surface area contributed by atoms with Crippen molar-refractivity contribution in [3.05, 3.63) is 23.7 Å². The van der Waals surface area contributed by atoms with Crippen molar-refractivity contribution in [1.82, 2.24) is 5.32 Å². The minimum Gasteiger partial charge on any atom is -0.480 e. The molecule has 1 heterocycles. The van der Waals surface area contributed by atoms with Gasteiger partial charge in [-0.2, -0.15) is 0 Å². The van der Waals surface area contributed by atoms with Gasteiger partial charge in [-0.3, -0.25) is 4.79 Å². The molecule has 0 saturated carbocycles. The number of hydrogen-bond donors (Lipinski definition) is 3. The summed E-state index contributed by atoms with van der Waals surface area (Å²) in [5.41, 5.74) is 0. The highest BCUT2D eigenvalue weighted by atomic mass is 16.4. The number of aliphatic hydroxyl groups is 1. The highest BCUT2D eigenvalue weighted by Crippen LogP contribution is 2.06. The first-order valence-corrected chi connectivity index (χ1v) is 4.25. The highest BCUT2D eigenvalue weighted by molar-refractivity contribution is 5.94. The van der Waals surface area contributed by atoms with Crippen molar-refractivity contribution in [3.63, 3.8) is 0 Å². The number of aliphatic carboxylic acids is 1. The standard InChI is InChI=1S/C9H11NO5/c1-5-2-3-7(15-5)8(12)10-6(4-11)9(13)14/h2-3,6,11H,4H2,1H3,(H,10,12)(H,13,14)/t6-/m1/s1. The zero-order valence-corrected chi connectivity index (χ0v) is 8.06. The van der Waals surface area contributed by atoms with Gasteiger partial charge in [0.25, 0.3) is 5.91 Å². The summed E-state index contributed by atoms with van der Waals surface area (Å²) in [6.45, 7) is 0.998. The van der Waals surface area contributed by atoms with Crippen LogP contribution in [0, 0.1) is 6.92 Å². The topological polar surface area (TPSA) is 99.8 Å². The Balaban J connectivity index is 2.66. The SMILES string of the molecule is Cc1ccc(C(=O)N[C@H](CO)C(=O)O)o1. The Morgan fingerprint density at radius 1 is 1.53 bits per heavy atom. The molecule has 0 spiro atoms. The number of furan rings is 1. The molecule has 0 aliphatic carbocycles. The molecule has 0 unspecified atom stereocenters. The average molecular weight is 213 g/mol. The van der Waals surface area contributed by atoms with Gasteiger partial charge in [-0.15, -0.1) is 0 Å². The smallest absolute Gasteiger partial charge is 0.328 e. The molecule has 1 aromatic rings. The zero-order valence-electron chi connectivity index (χ0n) is 8.06. The van der Waals surface area contributed by atoms with Crippen molar-refractivity contribution in [2.24, 2.45) is 0 Å². The van der Waals surface area contributed by atoms with E-state index in [4.69, 9.17) is 14.6 Å². The molecule has 1 atom stereocenters. The molecule has 0 bridgehead atoms. The van der Waals surface area contributed by atoms with E-state index in [-0.39, 0.29) is 5.76 Å². The number of hydrogen-bond acceptors (Lipinski definition) is 4. The normalized spacial score (nSPS) is 12.1. The number of aryl methyl sites for hydroxylation is 1. The van der Waals surface area contributed by atoms with Crippen molar-refractivity contribution in [2.75, 3.05) is 6.61 Å². The third-order valence-corrected chi connectivity index (χ3v) is 1.75. The Hall–Kier alpha value is -1.82. The lowest BCUT2D eigenvalue weighted by molar-refractivity contribution is -0.140. The molecule has 82 valence electrons. The largest absolute Gasteiger partial charge is 0.480 e. The van der Waals surface area contributed by atoms with Crippen LogP contribution < -0.4 is 5.32 Å². The molecule has 3 N–H and O–H groups in total. The second-order valence-electron chi connectivity index (χ2n) is 2.96. The van der Waals surface area contributed by atoms with Crippen molar-refractivity contribution >= 4 is 11.9 Å². The summed E-state index contributed by atoms with van der Waals surface area (Å²) in [6.07, 6.45) is 0. The van der Waals surface area contributed by atoms with Crippen LogP contribution in [0.5, 0.6) is 0 Å². The first-order chi connectivity index (χ1) is 7.04. The van der Waals surface area contributed by atoms with E-state index in [1.54, 1.807) is 13.0 Å². The van der Waals surface area contributed by atoms with E-state index >= 15 is 0 Å². The molecule has 6 heteroatoms. The number of carbonyl (C=O) groups excluding carboxylic acids is 1. The van der Waals surface area contributed by atoms with Crippen LogP contribution in [-0.4, -0.2) is 34.7 Å². The summed E-state index contributed by atoms with van der Waals surface area (Å²) >= 11 is 0. The second-order valence-corrected chi connectivity index (χ2v) is 2.96. The van der Waals surface area contributed by atoms with Gasteiger partial charge < -0.3 is 19.9 Å². The molecule has 1 amide bonds.